The van der Waals surface area contributed by atoms with Gasteiger partial charge in [-0.2, -0.15) is 0 Å². The minimum Gasteiger partial charge on any atom is -0.371 e. The van der Waals surface area contributed by atoms with Crippen LogP contribution in [0, 0.1) is 19.7 Å². The molecule has 1 saturated heterocycles. The highest BCUT2D eigenvalue weighted by molar-refractivity contribution is 6.07. The average Bonchev–Trinajstić information content (AvgIpc) is 3.14. The fourth-order valence-corrected chi connectivity index (χ4v) is 3.50. The van der Waals surface area contributed by atoms with E-state index in [-0.39, 0.29) is 17.5 Å². The lowest BCUT2D eigenvalue weighted by atomic mass is 10.1. The molecule has 6 heteroatoms. The van der Waals surface area contributed by atoms with E-state index < -0.39 is 0 Å². The molecule has 2 heterocycles. The highest BCUT2D eigenvalue weighted by atomic mass is 19.1. The number of aromatic nitrogens is 1. The summed E-state index contributed by atoms with van der Waals surface area (Å²) in [5.74, 6) is -0.859. The third-order valence-corrected chi connectivity index (χ3v) is 4.63. The fraction of sp³-hybridized carbons (Fsp3) is 0.368. The minimum absolute atomic E-state index is 0.0904. The van der Waals surface area contributed by atoms with Gasteiger partial charge in [0, 0.05) is 35.7 Å². The molecule has 1 amide bonds. The van der Waals surface area contributed by atoms with Crippen molar-refractivity contribution < 1.29 is 14.0 Å². The summed E-state index contributed by atoms with van der Waals surface area (Å²) in [7, 11) is 0. The van der Waals surface area contributed by atoms with Crippen molar-refractivity contribution in [3.05, 3.63) is 46.5 Å². The molecule has 0 atom stereocenters. The lowest BCUT2D eigenvalue weighted by molar-refractivity contribution is 0.101. The number of amides is 1. The lowest BCUT2D eigenvalue weighted by Crippen LogP contribution is -2.19. The van der Waals surface area contributed by atoms with Crippen LogP contribution in [0.3, 0.4) is 0 Å². The fourth-order valence-electron chi connectivity index (χ4n) is 3.50. The van der Waals surface area contributed by atoms with Crippen LogP contribution < -0.4 is 10.2 Å². The van der Waals surface area contributed by atoms with Gasteiger partial charge in [-0.3, -0.25) is 9.59 Å². The van der Waals surface area contributed by atoms with Gasteiger partial charge in [-0.05, 0) is 57.4 Å². The first-order chi connectivity index (χ1) is 11.9. The third kappa shape index (κ3) is 3.43. The number of rotatable bonds is 4. The van der Waals surface area contributed by atoms with Crippen molar-refractivity contribution >= 4 is 23.1 Å². The van der Waals surface area contributed by atoms with Gasteiger partial charge in [0.15, 0.2) is 5.78 Å². The second-order valence-corrected chi connectivity index (χ2v) is 6.53. The monoisotopic (exact) mass is 343 g/mol. The number of nitrogens with one attached hydrogen (secondary N) is 2. The van der Waals surface area contributed by atoms with E-state index in [1.165, 1.54) is 19.1 Å². The number of hydrogen-bond acceptors (Lipinski definition) is 3. The molecule has 1 aromatic heterocycles. The zero-order chi connectivity index (χ0) is 18.1. The first kappa shape index (κ1) is 17.2. The molecule has 0 spiro atoms. The number of ketones is 1. The number of halogens is 1. The number of nitrogens with zero attached hydrogens (tertiary/aromatic N) is 1. The molecule has 0 aliphatic carbocycles. The van der Waals surface area contributed by atoms with Crippen LogP contribution in [0.5, 0.6) is 0 Å². The first-order valence-corrected chi connectivity index (χ1v) is 8.44. The van der Waals surface area contributed by atoms with Crippen molar-refractivity contribution in [2.24, 2.45) is 0 Å². The van der Waals surface area contributed by atoms with Crippen LogP contribution in [0.15, 0.2) is 18.2 Å². The van der Waals surface area contributed by atoms with Crippen LogP contribution in [0.25, 0.3) is 0 Å². The molecular formula is C19H22FN3O2. The molecule has 2 N–H and O–H groups in total. The molecule has 25 heavy (non-hydrogen) atoms. The maximum atomic E-state index is 14.0. The van der Waals surface area contributed by atoms with Gasteiger partial charge in [0.1, 0.15) is 11.5 Å². The highest BCUT2D eigenvalue weighted by Gasteiger charge is 2.20. The number of Topliss-reactive ketones (excluding diaryl/α,β-unsaturated/α-hetero) is 1. The summed E-state index contributed by atoms with van der Waals surface area (Å²) >= 11 is 0. The van der Waals surface area contributed by atoms with Gasteiger partial charge in [-0.25, -0.2) is 4.39 Å². The topological polar surface area (TPSA) is 65.2 Å². The number of carbonyl (C=O) groups excluding carboxylic acids is 2. The lowest BCUT2D eigenvalue weighted by Gasteiger charge is -2.18. The van der Waals surface area contributed by atoms with E-state index in [1.807, 2.05) is 0 Å². The zero-order valence-electron chi connectivity index (χ0n) is 14.7. The minimum atomic E-state index is -0.386. The Kier molecular flexibility index (Phi) is 4.61. The molecule has 3 rings (SSSR count). The van der Waals surface area contributed by atoms with Crippen LogP contribution in [-0.4, -0.2) is 29.8 Å². The number of aryl methyl sites for hydroxylation is 1. The molecule has 0 saturated carbocycles. The predicted molar refractivity (Wildman–Crippen MR) is 96.1 cm³/mol. The molecule has 0 bridgehead atoms. The van der Waals surface area contributed by atoms with E-state index in [9.17, 15) is 14.0 Å². The summed E-state index contributed by atoms with van der Waals surface area (Å²) in [4.78, 5) is 29.4. The second-order valence-electron chi connectivity index (χ2n) is 6.53. The molecule has 0 unspecified atom stereocenters. The maximum Gasteiger partial charge on any atom is 0.272 e. The average molecular weight is 343 g/mol. The van der Waals surface area contributed by atoms with Gasteiger partial charge in [0.2, 0.25) is 0 Å². The Morgan fingerprint density at radius 3 is 2.44 bits per heavy atom. The number of benzene rings is 1. The normalized spacial score (nSPS) is 14.0. The molecule has 5 nitrogen and oxygen atoms in total. The third-order valence-electron chi connectivity index (χ3n) is 4.63. The summed E-state index contributed by atoms with van der Waals surface area (Å²) < 4.78 is 14.0. The van der Waals surface area contributed by atoms with Gasteiger partial charge in [-0.1, -0.05) is 0 Å². The van der Waals surface area contributed by atoms with Crippen LogP contribution in [0.4, 0.5) is 15.8 Å². The number of carbonyl (C=O) groups is 2. The number of hydrogen-bond donors (Lipinski definition) is 2. The predicted octanol–water partition coefficient (Wildman–Crippen LogP) is 3.83. The largest absolute Gasteiger partial charge is 0.371 e. The van der Waals surface area contributed by atoms with E-state index in [0.29, 0.717) is 28.2 Å². The van der Waals surface area contributed by atoms with E-state index in [1.54, 1.807) is 19.9 Å². The second kappa shape index (κ2) is 6.70. The van der Waals surface area contributed by atoms with Crippen molar-refractivity contribution in [2.75, 3.05) is 23.3 Å². The van der Waals surface area contributed by atoms with Crippen molar-refractivity contribution in [3.8, 4) is 0 Å². The summed E-state index contributed by atoms with van der Waals surface area (Å²) in [5.41, 5.74) is 3.31. The van der Waals surface area contributed by atoms with Crippen molar-refractivity contribution in [1.82, 2.24) is 4.98 Å². The Morgan fingerprint density at radius 1 is 1.16 bits per heavy atom. The van der Waals surface area contributed by atoms with Gasteiger partial charge in [0.25, 0.3) is 5.91 Å². The van der Waals surface area contributed by atoms with E-state index in [4.69, 9.17) is 0 Å². The van der Waals surface area contributed by atoms with Gasteiger partial charge < -0.3 is 15.2 Å². The van der Waals surface area contributed by atoms with Crippen LogP contribution in [0.2, 0.25) is 0 Å². The van der Waals surface area contributed by atoms with Gasteiger partial charge in [0.05, 0.1) is 0 Å². The van der Waals surface area contributed by atoms with Crippen LogP contribution >= 0.6 is 0 Å². The Labute approximate surface area is 146 Å². The van der Waals surface area contributed by atoms with Crippen LogP contribution in [-0.2, 0) is 0 Å². The summed E-state index contributed by atoms with van der Waals surface area (Å²) in [6.07, 6.45) is 2.18. The smallest absolute Gasteiger partial charge is 0.272 e. The van der Waals surface area contributed by atoms with E-state index in [2.05, 4.69) is 15.2 Å². The molecule has 1 fully saturated rings. The molecule has 1 aliphatic heterocycles. The van der Waals surface area contributed by atoms with E-state index >= 15 is 0 Å². The summed E-state index contributed by atoms with van der Waals surface area (Å²) in [6.45, 7) is 6.76. The molecule has 0 radical (unpaired) electrons. The standard InChI is InChI=1S/C19H22FN3O2/c1-11-17(13(3)24)12(2)21-18(11)19(25)22-15-8-14(20)9-16(10-15)23-6-4-5-7-23/h8-10,21H,4-7H2,1-3H3,(H,22,25). The Hall–Kier alpha value is -2.63. The SMILES string of the molecule is CC(=O)c1c(C)[nH]c(C(=O)Nc2cc(F)cc(N3CCCC3)c2)c1C. The number of aromatic amines is 1. The molecule has 1 aromatic carbocycles. The van der Waals surface area contributed by atoms with E-state index in [0.717, 1.165) is 31.6 Å². The Morgan fingerprint density at radius 2 is 1.84 bits per heavy atom. The zero-order valence-corrected chi connectivity index (χ0v) is 14.7. The molecule has 2 aromatic rings. The van der Waals surface area contributed by atoms with Gasteiger partial charge >= 0.3 is 0 Å². The van der Waals surface area contributed by atoms with Crippen LogP contribution in [0.1, 0.15) is 51.9 Å². The maximum absolute atomic E-state index is 14.0. The first-order valence-electron chi connectivity index (χ1n) is 8.44. The van der Waals surface area contributed by atoms with Gasteiger partial charge in [-0.15, -0.1) is 0 Å². The Bertz CT molecular complexity index is 835. The van der Waals surface area contributed by atoms with Crippen molar-refractivity contribution in [1.29, 1.82) is 0 Å². The van der Waals surface area contributed by atoms with Crippen molar-refractivity contribution in [2.45, 2.75) is 33.6 Å². The molecule has 132 valence electrons. The Balaban J connectivity index is 1.86. The summed E-state index contributed by atoms with van der Waals surface area (Å²) in [5, 5.41) is 2.74. The highest BCUT2D eigenvalue weighted by Crippen LogP contribution is 2.26. The number of H-pyrrole nitrogens is 1. The van der Waals surface area contributed by atoms with Crippen molar-refractivity contribution in [3.63, 3.8) is 0 Å². The number of anilines is 2. The quantitative estimate of drug-likeness (QED) is 0.829. The molecule has 1 aliphatic rings. The summed E-state index contributed by atoms with van der Waals surface area (Å²) in [6, 6.07) is 4.57. The molecular weight excluding hydrogens is 321 g/mol.